The molecule has 2 aromatic carbocycles. The quantitative estimate of drug-likeness (QED) is 0.823. The molecule has 24 heavy (non-hydrogen) atoms. The number of halogens is 3. The maximum absolute atomic E-state index is 13.7. The van der Waals surface area contributed by atoms with Gasteiger partial charge in [-0.2, -0.15) is 0 Å². The Hall–Kier alpha value is -3.03. The predicted molar refractivity (Wildman–Crippen MR) is 81.2 cm³/mol. The van der Waals surface area contributed by atoms with Gasteiger partial charge in [0.1, 0.15) is 5.82 Å². The van der Waals surface area contributed by atoms with Crippen LogP contribution in [0, 0.1) is 17.5 Å². The van der Waals surface area contributed by atoms with Gasteiger partial charge in [-0.3, -0.25) is 4.79 Å². The average molecular weight is 338 g/mol. The van der Waals surface area contributed by atoms with Crippen LogP contribution in [0.1, 0.15) is 10.4 Å². The predicted octanol–water partition coefficient (Wildman–Crippen LogP) is 2.94. The summed E-state index contributed by atoms with van der Waals surface area (Å²) in [7, 11) is 1.19. The fraction of sp³-hybridized carbons (Fsp3) is 0.125. The van der Waals surface area contributed by atoms with E-state index in [1.54, 1.807) is 0 Å². The summed E-state index contributed by atoms with van der Waals surface area (Å²) in [5.41, 5.74) is 0.102. The number of hydrogen-bond donors (Lipinski definition) is 2. The van der Waals surface area contributed by atoms with Crippen LogP contribution >= 0.6 is 0 Å². The average Bonchev–Trinajstić information content (AvgIpc) is 2.56. The van der Waals surface area contributed by atoms with Gasteiger partial charge in [-0.1, -0.05) is 0 Å². The van der Waals surface area contributed by atoms with E-state index in [-0.39, 0.29) is 23.5 Å². The summed E-state index contributed by atoms with van der Waals surface area (Å²) in [5, 5.41) is 4.84. The van der Waals surface area contributed by atoms with Crippen molar-refractivity contribution in [2.45, 2.75) is 0 Å². The minimum Gasteiger partial charge on any atom is -0.465 e. The molecule has 0 radical (unpaired) electrons. The molecule has 1 amide bonds. The largest absolute Gasteiger partial charge is 0.465 e. The van der Waals surface area contributed by atoms with Crippen molar-refractivity contribution in [1.82, 2.24) is 0 Å². The van der Waals surface area contributed by atoms with Crippen LogP contribution in [0.25, 0.3) is 0 Å². The molecule has 8 heteroatoms. The summed E-state index contributed by atoms with van der Waals surface area (Å²) in [6.45, 7) is -0.347. The number of benzene rings is 2. The molecule has 0 fully saturated rings. The van der Waals surface area contributed by atoms with Crippen molar-refractivity contribution in [1.29, 1.82) is 0 Å². The standard InChI is InChI=1S/C16H13F3N2O3/c1-24-16(23)9-2-4-12(18)14(6-9)20-8-15(22)21-10-3-5-11(17)13(19)7-10/h2-7,20H,8H2,1H3,(H,21,22). The second-order valence-corrected chi connectivity index (χ2v) is 4.72. The highest BCUT2D eigenvalue weighted by atomic mass is 19.2. The van der Waals surface area contributed by atoms with Crippen molar-refractivity contribution in [3.05, 3.63) is 59.4 Å². The third-order valence-corrected chi connectivity index (χ3v) is 3.03. The fourth-order valence-electron chi connectivity index (χ4n) is 1.86. The van der Waals surface area contributed by atoms with Gasteiger partial charge in [-0.25, -0.2) is 18.0 Å². The summed E-state index contributed by atoms with van der Waals surface area (Å²) in [6.07, 6.45) is 0. The van der Waals surface area contributed by atoms with E-state index in [9.17, 15) is 22.8 Å². The van der Waals surface area contributed by atoms with Crippen molar-refractivity contribution >= 4 is 23.3 Å². The lowest BCUT2D eigenvalue weighted by Gasteiger charge is -2.10. The summed E-state index contributed by atoms with van der Waals surface area (Å²) in [5.74, 6) is -4.05. The van der Waals surface area contributed by atoms with Gasteiger partial charge in [-0.05, 0) is 30.3 Å². The van der Waals surface area contributed by atoms with Crippen LogP contribution in [0.2, 0.25) is 0 Å². The number of rotatable bonds is 5. The van der Waals surface area contributed by atoms with Crippen molar-refractivity contribution in [2.24, 2.45) is 0 Å². The number of esters is 1. The Kier molecular flexibility index (Phi) is 5.41. The zero-order chi connectivity index (χ0) is 17.7. The molecular weight excluding hydrogens is 325 g/mol. The first-order valence-corrected chi connectivity index (χ1v) is 6.77. The number of methoxy groups -OCH3 is 1. The summed E-state index contributed by atoms with van der Waals surface area (Å²) in [6, 6.07) is 6.39. The Labute approximate surface area is 135 Å². The topological polar surface area (TPSA) is 67.4 Å². The Bertz CT molecular complexity index is 781. The molecule has 0 saturated heterocycles. The monoisotopic (exact) mass is 338 g/mol. The number of carbonyl (C=O) groups is 2. The molecule has 126 valence electrons. The van der Waals surface area contributed by atoms with Gasteiger partial charge in [0.15, 0.2) is 11.6 Å². The molecular formula is C16H13F3N2O3. The molecule has 0 bridgehead atoms. The zero-order valence-electron chi connectivity index (χ0n) is 12.5. The third kappa shape index (κ3) is 4.25. The van der Waals surface area contributed by atoms with Crippen LogP contribution < -0.4 is 10.6 Å². The lowest BCUT2D eigenvalue weighted by atomic mass is 10.2. The molecule has 0 heterocycles. The lowest BCUT2D eigenvalue weighted by Crippen LogP contribution is -2.22. The maximum atomic E-state index is 13.7. The second kappa shape index (κ2) is 7.49. The Morgan fingerprint density at radius 1 is 1.00 bits per heavy atom. The van der Waals surface area contributed by atoms with Gasteiger partial charge in [0.25, 0.3) is 0 Å². The normalized spacial score (nSPS) is 10.2. The molecule has 2 aromatic rings. The van der Waals surface area contributed by atoms with E-state index in [1.165, 1.54) is 25.3 Å². The Morgan fingerprint density at radius 2 is 1.71 bits per heavy atom. The Balaban J connectivity index is 2.00. The number of hydrogen-bond acceptors (Lipinski definition) is 4. The molecule has 2 rings (SSSR count). The van der Waals surface area contributed by atoms with Gasteiger partial charge >= 0.3 is 5.97 Å². The first-order chi connectivity index (χ1) is 11.4. The highest BCUT2D eigenvalue weighted by molar-refractivity contribution is 5.94. The number of ether oxygens (including phenoxy) is 1. The van der Waals surface area contributed by atoms with Gasteiger partial charge in [0, 0.05) is 11.8 Å². The minimum atomic E-state index is -1.10. The molecule has 5 nitrogen and oxygen atoms in total. The second-order valence-electron chi connectivity index (χ2n) is 4.72. The van der Waals surface area contributed by atoms with E-state index >= 15 is 0 Å². The number of nitrogens with one attached hydrogen (secondary N) is 2. The van der Waals surface area contributed by atoms with E-state index in [1.807, 2.05) is 0 Å². The van der Waals surface area contributed by atoms with Crippen molar-refractivity contribution in [3.63, 3.8) is 0 Å². The fourth-order valence-corrected chi connectivity index (χ4v) is 1.86. The van der Waals surface area contributed by atoms with E-state index in [0.29, 0.717) is 0 Å². The van der Waals surface area contributed by atoms with Crippen molar-refractivity contribution < 1.29 is 27.5 Å². The third-order valence-electron chi connectivity index (χ3n) is 3.03. The molecule has 2 N–H and O–H groups in total. The first-order valence-electron chi connectivity index (χ1n) is 6.77. The number of anilines is 2. The molecule has 0 unspecified atom stereocenters. The van der Waals surface area contributed by atoms with Crippen molar-refractivity contribution in [3.8, 4) is 0 Å². The Morgan fingerprint density at radius 3 is 2.38 bits per heavy atom. The van der Waals surface area contributed by atoms with Crippen molar-refractivity contribution in [2.75, 3.05) is 24.3 Å². The molecule has 0 aliphatic heterocycles. The highest BCUT2D eigenvalue weighted by Crippen LogP contribution is 2.17. The SMILES string of the molecule is COC(=O)c1ccc(F)c(NCC(=O)Nc2ccc(F)c(F)c2)c1. The van der Waals surface area contributed by atoms with E-state index in [0.717, 1.165) is 18.2 Å². The molecule has 0 aliphatic carbocycles. The van der Waals surface area contributed by atoms with Gasteiger partial charge in [0.2, 0.25) is 5.91 Å². The van der Waals surface area contributed by atoms with Crippen LogP contribution in [0.4, 0.5) is 24.5 Å². The van der Waals surface area contributed by atoms with Crippen LogP contribution in [0.5, 0.6) is 0 Å². The van der Waals surface area contributed by atoms with E-state index in [4.69, 9.17) is 0 Å². The van der Waals surface area contributed by atoms with Gasteiger partial charge in [0.05, 0.1) is 24.9 Å². The molecule has 0 saturated carbocycles. The minimum absolute atomic E-state index is 0.0597. The first kappa shape index (κ1) is 17.3. The van der Waals surface area contributed by atoms with Gasteiger partial charge in [-0.15, -0.1) is 0 Å². The number of carbonyl (C=O) groups excluding carboxylic acids is 2. The van der Waals surface area contributed by atoms with E-state index in [2.05, 4.69) is 15.4 Å². The summed E-state index contributed by atoms with van der Waals surface area (Å²) >= 11 is 0. The summed E-state index contributed by atoms with van der Waals surface area (Å²) < 4.78 is 44.1. The van der Waals surface area contributed by atoms with Crippen LogP contribution in [0.15, 0.2) is 36.4 Å². The van der Waals surface area contributed by atoms with E-state index < -0.39 is 29.3 Å². The number of amides is 1. The van der Waals surface area contributed by atoms with Crippen LogP contribution in [0.3, 0.4) is 0 Å². The smallest absolute Gasteiger partial charge is 0.337 e. The lowest BCUT2D eigenvalue weighted by molar-refractivity contribution is -0.114. The van der Waals surface area contributed by atoms with Gasteiger partial charge < -0.3 is 15.4 Å². The van der Waals surface area contributed by atoms with Crippen LogP contribution in [-0.2, 0) is 9.53 Å². The molecule has 0 aromatic heterocycles. The summed E-state index contributed by atoms with van der Waals surface area (Å²) in [4.78, 5) is 23.2. The highest BCUT2D eigenvalue weighted by Gasteiger charge is 2.11. The molecule has 0 aliphatic rings. The molecule has 0 spiro atoms. The molecule has 0 atom stereocenters. The zero-order valence-corrected chi connectivity index (χ0v) is 12.5. The van der Waals surface area contributed by atoms with Crippen LogP contribution in [-0.4, -0.2) is 25.5 Å². The maximum Gasteiger partial charge on any atom is 0.337 e.